The number of para-hydroxylation sites is 1. The molecule has 0 radical (unpaired) electrons. The molecular weight excluding hydrogens is 306 g/mol. The summed E-state index contributed by atoms with van der Waals surface area (Å²) >= 11 is 0. The number of nitrogens with zero attached hydrogens (tertiary/aromatic N) is 2. The highest BCUT2D eigenvalue weighted by Crippen LogP contribution is 2.16. The van der Waals surface area contributed by atoms with E-state index >= 15 is 0 Å². The summed E-state index contributed by atoms with van der Waals surface area (Å²) in [6.45, 7) is 2.83. The molecule has 2 aromatic carbocycles. The van der Waals surface area contributed by atoms with Crippen molar-refractivity contribution in [2.45, 2.75) is 19.9 Å². The first kappa shape index (κ1) is 17.6. The number of non-ortho nitro benzene ring substituents is 1. The second-order valence-electron chi connectivity index (χ2n) is 5.65. The monoisotopic (exact) mass is 327 g/mol. The van der Waals surface area contributed by atoms with E-state index in [4.69, 9.17) is 0 Å². The van der Waals surface area contributed by atoms with Crippen LogP contribution in [0.5, 0.6) is 0 Å². The zero-order valence-electron chi connectivity index (χ0n) is 13.9. The van der Waals surface area contributed by atoms with Gasteiger partial charge in [0, 0.05) is 24.4 Å². The molecule has 6 heteroatoms. The zero-order chi connectivity index (χ0) is 17.5. The molecule has 126 valence electrons. The Hall–Kier alpha value is -2.73. The summed E-state index contributed by atoms with van der Waals surface area (Å²) in [7, 11) is 1.84. The van der Waals surface area contributed by atoms with Crippen LogP contribution >= 0.6 is 0 Å². The average Bonchev–Trinajstić information content (AvgIpc) is 2.55. The van der Waals surface area contributed by atoms with Gasteiger partial charge in [-0.25, -0.2) is 0 Å². The van der Waals surface area contributed by atoms with E-state index in [0.717, 1.165) is 23.2 Å². The van der Waals surface area contributed by atoms with Crippen LogP contribution in [0.1, 0.15) is 18.1 Å². The van der Waals surface area contributed by atoms with Crippen LogP contribution in [0.4, 0.5) is 11.4 Å². The molecule has 0 fully saturated rings. The smallest absolute Gasteiger partial charge is 0.269 e. The number of benzene rings is 2. The number of nitro groups is 1. The fourth-order valence-corrected chi connectivity index (χ4v) is 2.48. The number of anilines is 1. The summed E-state index contributed by atoms with van der Waals surface area (Å²) in [4.78, 5) is 24.3. The number of likely N-dealkylation sites (N-methyl/N-ethyl adjacent to an activating group) is 1. The number of hydrogen-bond donors (Lipinski definition) is 1. The Kier molecular flexibility index (Phi) is 6.03. The second kappa shape index (κ2) is 8.21. The van der Waals surface area contributed by atoms with Crippen molar-refractivity contribution in [3.05, 3.63) is 69.8 Å². The van der Waals surface area contributed by atoms with E-state index < -0.39 is 4.92 Å². The standard InChI is InChI=1S/C18H21N3O3/c1-3-15-6-4-5-7-17(15)19-18(22)13-20(2)12-14-8-10-16(11-9-14)21(23)24/h4-11H,3,12-13H2,1-2H3,(H,19,22). The van der Waals surface area contributed by atoms with Gasteiger partial charge in [-0.2, -0.15) is 0 Å². The van der Waals surface area contributed by atoms with Crippen molar-refractivity contribution in [2.24, 2.45) is 0 Å². The van der Waals surface area contributed by atoms with Crippen molar-refractivity contribution in [1.82, 2.24) is 4.90 Å². The average molecular weight is 327 g/mol. The molecule has 6 nitrogen and oxygen atoms in total. The van der Waals surface area contributed by atoms with Crippen LogP contribution < -0.4 is 5.32 Å². The van der Waals surface area contributed by atoms with Crippen molar-refractivity contribution >= 4 is 17.3 Å². The molecule has 0 bridgehead atoms. The number of aryl methyl sites for hydroxylation is 1. The number of rotatable bonds is 7. The first-order valence-electron chi connectivity index (χ1n) is 7.79. The maximum absolute atomic E-state index is 12.2. The van der Waals surface area contributed by atoms with E-state index in [-0.39, 0.29) is 18.1 Å². The van der Waals surface area contributed by atoms with Gasteiger partial charge < -0.3 is 5.32 Å². The Morgan fingerprint density at radius 3 is 2.46 bits per heavy atom. The molecule has 0 spiro atoms. The second-order valence-corrected chi connectivity index (χ2v) is 5.65. The third-order valence-electron chi connectivity index (χ3n) is 3.69. The summed E-state index contributed by atoms with van der Waals surface area (Å²) in [5.74, 6) is -0.0830. The van der Waals surface area contributed by atoms with Crippen LogP contribution in [0.25, 0.3) is 0 Å². The molecule has 2 aromatic rings. The van der Waals surface area contributed by atoms with Crippen LogP contribution in [-0.4, -0.2) is 29.3 Å². The van der Waals surface area contributed by atoms with Crippen LogP contribution in [0, 0.1) is 10.1 Å². The number of hydrogen-bond acceptors (Lipinski definition) is 4. The van der Waals surface area contributed by atoms with Gasteiger partial charge in [0.2, 0.25) is 5.91 Å². The third-order valence-corrected chi connectivity index (χ3v) is 3.69. The highest BCUT2D eigenvalue weighted by molar-refractivity contribution is 5.92. The van der Waals surface area contributed by atoms with Gasteiger partial charge in [-0.05, 0) is 30.7 Å². The van der Waals surface area contributed by atoms with E-state index in [2.05, 4.69) is 5.32 Å². The summed E-state index contributed by atoms with van der Waals surface area (Å²) in [5.41, 5.74) is 2.93. The Bertz CT molecular complexity index is 714. The minimum Gasteiger partial charge on any atom is -0.325 e. The highest BCUT2D eigenvalue weighted by atomic mass is 16.6. The van der Waals surface area contributed by atoms with Gasteiger partial charge in [-0.15, -0.1) is 0 Å². The molecular formula is C18H21N3O3. The Labute approximate surface area is 141 Å². The van der Waals surface area contributed by atoms with E-state index in [1.54, 1.807) is 12.1 Å². The summed E-state index contributed by atoms with van der Waals surface area (Å²) in [6.07, 6.45) is 0.856. The molecule has 24 heavy (non-hydrogen) atoms. The molecule has 0 atom stereocenters. The predicted molar refractivity (Wildman–Crippen MR) is 93.9 cm³/mol. The number of amides is 1. The van der Waals surface area contributed by atoms with Crippen molar-refractivity contribution in [1.29, 1.82) is 0 Å². The molecule has 2 rings (SSSR count). The lowest BCUT2D eigenvalue weighted by Gasteiger charge is -2.17. The summed E-state index contributed by atoms with van der Waals surface area (Å²) in [6, 6.07) is 14.1. The first-order valence-corrected chi connectivity index (χ1v) is 7.79. The largest absolute Gasteiger partial charge is 0.325 e. The van der Waals surface area contributed by atoms with Crippen LogP contribution in [0.15, 0.2) is 48.5 Å². The summed E-state index contributed by atoms with van der Waals surface area (Å²) < 4.78 is 0. The molecule has 0 saturated heterocycles. The van der Waals surface area contributed by atoms with E-state index in [1.165, 1.54) is 12.1 Å². The van der Waals surface area contributed by atoms with Crippen molar-refractivity contribution in [3.8, 4) is 0 Å². The fraction of sp³-hybridized carbons (Fsp3) is 0.278. The van der Waals surface area contributed by atoms with Crippen LogP contribution in [-0.2, 0) is 17.8 Å². The SMILES string of the molecule is CCc1ccccc1NC(=O)CN(C)Cc1ccc([N+](=O)[O-])cc1. The fourth-order valence-electron chi connectivity index (χ4n) is 2.48. The molecule has 0 aliphatic rings. The van der Waals surface area contributed by atoms with Crippen molar-refractivity contribution in [3.63, 3.8) is 0 Å². The van der Waals surface area contributed by atoms with Crippen molar-refractivity contribution in [2.75, 3.05) is 18.9 Å². The number of nitro benzene ring substituents is 1. The lowest BCUT2D eigenvalue weighted by Crippen LogP contribution is -2.30. The van der Waals surface area contributed by atoms with Gasteiger partial charge in [0.15, 0.2) is 0 Å². The van der Waals surface area contributed by atoms with Gasteiger partial charge in [-0.1, -0.05) is 37.3 Å². The van der Waals surface area contributed by atoms with Gasteiger partial charge in [0.25, 0.3) is 5.69 Å². The molecule has 0 heterocycles. The minimum absolute atomic E-state index is 0.0651. The normalized spacial score (nSPS) is 10.6. The Balaban J connectivity index is 1.90. The van der Waals surface area contributed by atoms with Gasteiger partial charge in [0.1, 0.15) is 0 Å². The molecule has 0 aromatic heterocycles. The highest BCUT2D eigenvalue weighted by Gasteiger charge is 2.10. The van der Waals surface area contributed by atoms with Crippen LogP contribution in [0.3, 0.4) is 0 Å². The first-order chi connectivity index (χ1) is 11.5. The van der Waals surface area contributed by atoms with Crippen LogP contribution in [0.2, 0.25) is 0 Å². The zero-order valence-corrected chi connectivity index (χ0v) is 13.9. The van der Waals surface area contributed by atoms with E-state index in [1.807, 2.05) is 43.1 Å². The predicted octanol–water partition coefficient (Wildman–Crippen LogP) is 3.23. The molecule has 0 unspecified atom stereocenters. The molecule has 0 saturated carbocycles. The lowest BCUT2D eigenvalue weighted by molar-refractivity contribution is -0.384. The quantitative estimate of drug-likeness (QED) is 0.626. The van der Waals surface area contributed by atoms with E-state index in [9.17, 15) is 14.9 Å². The van der Waals surface area contributed by atoms with Gasteiger partial charge in [0.05, 0.1) is 11.5 Å². The number of carbonyl (C=O) groups excluding carboxylic acids is 1. The van der Waals surface area contributed by atoms with Gasteiger partial charge >= 0.3 is 0 Å². The number of nitrogens with one attached hydrogen (secondary N) is 1. The van der Waals surface area contributed by atoms with E-state index in [0.29, 0.717) is 6.54 Å². The van der Waals surface area contributed by atoms with Gasteiger partial charge in [-0.3, -0.25) is 19.8 Å². The minimum atomic E-state index is -0.424. The molecule has 1 N–H and O–H groups in total. The Morgan fingerprint density at radius 1 is 1.17 bits per heavy atom. The third kappa shape index (κ3) is 4.89. The lowest BCUT2D eigenvalue weighted by atomic mass is 10.1. The topological polar surface area (TPSA) is 75.5 Å². The number of carbonyl (C=O) groups is 1. The maximum atomic E-state index is 12.2. The molecule has 0 aliphatic heterocycles. The van der Waals surface area contributed by atoms with Crippen molar-refractivity contribution < 1.29 is 9.72 Å². The Morgan fingerprint density at radius 2 is 1.83 bits per heavy atom. The summed E-state index contributed by atoms with van der Waals surface area (Å²) in [5, 5.41) is 13.6. The molecule has 0 aliphatic carbocycles. The maximum Gasteiger partial charge on any atom is 0.269 e. The molecule has 1 amide bonds.